The highest BCUT2D eigenvalue weighted by atomic mass is 79.9. The number of halogens is 1. The topological polar surface area (TPSA) is 54.9 Å². The number of hydrogen-bond donors (Lipinski definition) is 1. The van der Waals surface area contributed by atoms with Crippen LogP contribution < -0.4 is 5.32 Å². The number of rotatable bonds is 5. The predicted molar refractivity (Wildman–Crippen MR) is 97.9 cm³/mol. The van der Waals surface area contributed by atoms with Gasteiger partial charge in [-0.2, -0.15) is 0 Å². The maximum atomic E-state index is 12.5. The van der Waals surface area contributed by atoms with Crippen LogP contribution in [0.1, 0.15) is 15.9 Å². The zero-order valence-electron chi connectivity index (χ0n) is 12.6. The number of benzene rings is 1. The van der Waals surface area contributed by atoms with Gasteiger partial charge < -0.3 is 5.32 Å². The molecule has 0 radical (unpaired) electrons. The van der Waals surface area contributed by atoms with E-state index in [-0.39, 0.29) is 5.91 Å². The Balaban J connectivity index is 1.73. The Bertz CT molecular complexity index is 825. The number of pyridine rings is 2. The van der Waals surface area contributed by atoms with Gasteiger partial charge in [-0.3, -0.25) is 9.78 Å². The minimum Gasteiger partial charge on any atom is -0.348 e. The molecule has 1 N–H and O–H groups in total. The molecule has 0 saturated heterocycles. The zero-order valence-corrected chi connectivity index (χ0v) is 15.0. The molecule has 0 aliphatic rings. The third kappa shape index (κ3) is 4.43. The molecule has 0 spiro atoms. The SMILES string of the molecule is O=C(NCc1cccnc1)c1cccnc1Sc1ccc(Br)cc1. The molecule has 0 aliphatic carbocycles. The molecule has 1 aromatic carbocycles. The van der Waals surface area contributed by atoms with E-state index in [1.54, 1.807) is 30.7 Å². The summed E-state index contributed by atoms with van der Waals surface area (Å²) in [6.45, 7) is 0.434. The minimum atomic E-state index is -0.147. The lowest BCUT2D eigenvalue weighted by Gasteiger charge is -2.09. The van der Waals surface area contributed by atoms with Crippen LogP contribution in [0.4, 0.5) is 0 Å². The molecule has 24 heavy (non-hydrogen) atoms. The maximum Gasteiger partial charge on any atom is 0.254 e. The van der Waals surface area contributed by atoms with Crippen LogP contribution in [0.2, 0.25) is 0 Å². The number of nitrogens with one attached hydrogen (secondary N) is 1. The Morgan fingerprint density at radius 2 is 1.88 bits per heavy atom. The van der Waals surface area contributed by atoms with Crippen molar-refractivity contribution in [1.29, 1.82) is 0 Å². The Morgan fingerprint density at radius 1 is 1.08 bits per heavy atom. The summed E-state index contributed by atoms with van der Waals surface area (Å²) in [5.41, 5.74) is 1.52. The number of amides is 1. The second-order valence-electron chi connectivity index (χ2n) is 4.96. The fourth-order valence-electron chi connectivity index (χ4n) is 2.04. The Kier molecular flexibility index (Phi) is 5.61. The summed E-state index contributed by atoms with van der Waals surface area (Å²) >= 11 is 4.88. The van der Waals surface area contributed by atoms with Gasteiger partial charge in [0.05, 0.1) is 5.56 Å². The van der Waals surface area contributed by atoms with Crippen LogP contribution in [0.25, 0.3) is 0 Å². The van der Waals surface area contributed by atoms with E-state index < -0.39 is 0 Å². The van der Waals surface area contributed by atoms with Crippen molar-refractivity contribution in [1.82, 2.24) is 15.3 Å². The van der Waals surface area contributed by atoms with Crippen molar-refractivity contribution in [3.05, 3.63) is 82.7 Å². The van der Waals surface area contributed by atoms with Gasteiger partial charge in [0.25, 0.3) is 5.91 Å². The predicted octanol–water partition coefficient (Wildman–Crippen LogP) is 4.32. The molecule has 0 fully saturated rings. The van der Waals surface area contributed by atoms with Gasteiger partial charge in [-0.25, -0.2) is 4.98 Å². The Morgan fingerprint density at radius 3 is 2.62 bits per heavy atom. The molecule has 0 saturated carbocycles. The number of aromatic nitrogens is 2. The van der Waals surface area contributed by atoms with E-state index in [0.717, 1.165) is 14.9 Å². The van der Waals surface area contributed by atoms with E-state index in [2.05, 4.69) is 31.2 Å². The van der Waals surface area contributed by atoms with Crippen LogP contribution in [-0.2, 0) is 6.54 Å². The molecular weight excluding hydrogens is 386 g/mol. The van der Waals surface area contributed by atoms with Crippen LogP contribution in [0.3, 0.4) is 0 Å². The second-order valence-corrected chi connectivity index (χ2v) is 6.93. The summed E-state index contributed by atoms with van der Waals surface area (Å²) < 4.78 is 1.02. The average molecular weight is 400 g/mol. The van der Waals surface area contributed by atoms with Crippen molar-refractivity contribution < 1.29 is 4.79 Å². The summed E-state index contributed by atoms with van der Waals surface area (Å²) in [4.78, 5) is 21.9. The molecular formula is C18H14BrN3OS. The number of nitrogens with zero attached hydrogens (tertiary/aromatic N) is 2. The number of carbonyl (C=O) groups is 1. The molecule has 2 aromatic heterocycles. The highest BCUT2D eigenvalue weighted by Crippen LogP contribution is 2.29. The monoisotopic (exact) mass is 399 g/mol. The van der Waals surface area contributed by atoms with E-state index in [4.69, 9.17) is 0 Å². The van der Waals surface area contributed by atoms with E-state index in [9.17, 15) is 4.79 Å². The van der Waals surface area contributed by atoms with Crippen LogP contribution in [0, 0.1) is 0 Å². The lowest BCUT2D eigenvalue weighted by atomic mass is 10.2. The van der Waals surface area contributed by atoms with Crippen molar-refractivity contribution in [3.8, 4) is 0 Å². The van der Waals surface area contributed by atoms with Gasteiger partial charge in [0, 0.05) is 34.5 Å². The smallest absolute Gasteiger partial charge is 0.254 e. The fraction of sp³-hybridized carbons (Fsp3) is 0.0556. The second kappa shape index (κ2) is 8.08. The molecule has 6 heteroatoms. The summed E-state index contributed by atoms with van der Waals surface area (Å²) in [5.74, 6) is -0.147. The first-order valence-corrected chi connectivity index (χ1v) is 8.89. The summed E-state index contributed by atoms with van der Waals surface area (Å²) in [6, 6.07) is 15.2. The molecule has 1 amide bonds. The van der Waals surface area contributed by atoms with Gasteiger partial charge in [0.2, 0.25) is 0 Å². The van der Waals surface area contributed by atoms with E-state index in [0.29, 0.717) is 17.1 Å². The molecule has 3 aromatic rings. The Labute approximate surface area is 152 Å². The van der Waals surface area contributed by atoms with Crippen molar-refractivity contribution >= 4 is 33.6 Å². The summed E-state index contributed by atoms with van der Waals surface area (Å²) in [7, 11) is 0. The highest BCUT2D eigenvalue weighted by Gasteiger charge is 2.13. The van der Waals surface area contributed by atoms with Crippen LogP contribution in [0.5, 0.6) is 0 Å². The van der Waals surface area contributed by atoms with E-state index >= 15 is 0 Å². The molecule has 120 valence electrons. The normalized spacial score (nSPS) is 10.4. The largest absolute Gasteiger partial charge is 0.348 e. The van der Waals surface area contributed by atoms with Crippen LogP contribution >= 0.6 is 27.7 Å². The van der Waals surface area contributed by atoms with E-state index in [1.807, 2.05) is 36.4 Å². The van der Waals surface area contributed by atoms with Gasteiger partial charge in [0.15, 0.2) is 0 Å². The van der Waals surface area contributed by atoms with Gasteiger partial charge in [-0.05, 0) is 48.0 Å². The quantitative estimate of drug-likeness (QED) is 0.693. The number of carbonyl (C=O) groups excluding carboxylic acids is 1. The molecule has 4 nitrogen and oxygen atoms in total. The zero-order chi connectivity index (χ0) is 16.8. The molecule has 2 heterocycles. The lowest BCUT2D eigenvalue weighted by molar-refractivity contribution is 0.0947. The van der Waals surface area contributed by atoms with Crippen LogP contribution in [-0.4, -0.2) is 15.9 Å². The minimum absolute atomic E-state index is 0.147. The molecule has 3 rings (SSSR count). The van der Waals surface area contributed by atoms with Crippen molar-refractivity contribution in [2.75, 3.05) is 0 Å². The molecule has 0 atom stereocenters. The molecule has 0 bridgehead atoms. The average Bonchev–Trinajstić information content (AvgIpc) is 2.63. The van der Waals surface area contributed by atoms with Gasteiger partial charge in [-0.1, -0.05) is 33.8 Å². The molecule has 0 unspecified atom stereocenters. The third-order valence-corrected chi connectivity index (χ3v) is 4.78. The summed E-state index contributed by atoms with van der Waals surface area (Å²) in [5, 5.41) is 3.59. The van der Waals surface area contributed by atoms with Crippen LogP contribution in [0.15, 0.2) is 81.5 Å². The van der Waals surface area contributed by atoms with Crippen molar-refractivity contribution in [3.63, 3.8) is 0 Å². The number of hydrogen-bond acceptors (Lipinski definition) is 4. The first-order valence-electron chi connectivity index (χ1n) is 7.28. The standard InChI is InChI=1S/C18H14BrN3OS/c19-14-5-7-15(8-6-14)24-18-16(4-2-10-21-18)17(23)22-12-13-3-1-9-20-11-13/h1-11H,12H2,(H,22,23). The third-order valence-electron chi connectivity index (χ3n) is 3.22. The highest BCUT2D eigenvalue weighted by molar-refractivity contribution is 9.10. The van der Waals surface area contributed by atoms with Gasteiger partial charge in [0.1, 0.15) is 5.03 Å². The van der Waals surface area contributed by atoms with Gasteiger partial charge in [-0.15, -0.1) is 0 Å². The van der Waals surface area contributed by atoms with Crippen molar-refractivity contribution in [2.45, 2.75) is 16.5 Å². The van der Waals surface area contributed by atoms with Crippen molar-refractivity contribution in [2.24, 2.45) is 0 Å². The molecule has 0 aliphatic heterocycles. The fourth-order valence-corrected chi connectivity index (χ4v) is 3.18. The first kappa shape index (κ1) is 16.7. The Hall–Kier alpha value is -2.18. The summed E-state index contributed by atoms with van der Waals surface area (Å²) in [6.07, 6.45) is 5.14. The van der Waals surface area contributed by atoms with E-state index in [1.165, 1.54) is 11.8 Å². The van der Waals surface area contributed by atoms with Gasteiger partial charge >= 0.3 is 0 Å². The maximum absolute atomic E-state index is 12.5. The lowest BCUT2D eigenvalue weighted by Crippen LogP contribution is -2.23. The first-order chi connectivity index (χ1) is 11.7.